The third-order valence-electron chi connectivity index (χ3n) is 5.93. The largest absolute Gasteiger partial charge is 0.366 e. The van der Waals surface area contributed by atoms with Gasteiger partial charge < -0.3 is 19.8 Å². The Morgan fingerprint density at radius 3 is 2.66 bits per heavy atom. The lowest BCUT2D eigenvalue weighted by molar-refractivity contribution is 0.0711. The van der Waals surface area contributed by atoms with Crippen LogP contribution in [0.15, 0.2) is 36.7 Å². The highest BCUT2D eigenvalue weighted by Gasteiger charge is 2.30. The zero-order valence-electron chi connectivity index (χ0n) is 16.1. The summed E-state index contributed by atoms with van der Waals surface area (Å²) in [6.45, 7) is 4.00. The second-order valence-corrected chi connectivity index (χ2v) is 7.66. The van der Waals surface area contributed by atoms with Crippen molar-refractivity contribution in [2.45, 2.75) is 31.8 Å². The van der Waals surface area contributed by atoms with Crippen molar-refractivity contribution in [3.05, 3.63) is 59.7 Å². The molecule has 8 heteroatoms. The second-order valence-electron chi connectivity index (χ2n) is 7.66. The van der Waals surface area contributed by atoms with E-state index in [9.17, 15) is 9.18 Å². The molecule has 0 saturated carbocycles. The third kappa shape index (κ3) is 3.33. The number of hydrogen-bond acceptors (Lipinski definition) is 4. The lowest BCUT2D eigenvalue weighted by Gasteiger charge is -2.32. The van der Waals surface area contributed by atoms with Gasteiger partial charge in [-0.3, -0.25) is 4.79 Å². The molecule has 0 unspecified atom stereocenters. The van der Waals surface area contributed by atoms with Gasteiger partial charge in [-0.25, -0.2) is 4.39 Å². The molecule has 1 saturated heterocycles. The van der Waals surface area contributed by atoms with Crippen LogP contribution in [0.3, 0.4) is 0 Å². The molecule has 4 heterocycles. The van der Waals surface area contributed by atoms with Gasteiger partial charge in [0, 0.05) is 50.1 Å². The number of aromatic nitrogens is 4. The topological polar surface area (TPSA) is 78.8 Å². The molecule has 2 aliphatic rings. The Bertz CT molecular complexity index is 1020. The first kappa shape index (κ1) is 18.1. The standard InChI is InChI=1S/C21H23FN6O/c22-16-3-1-14(2-4-16)17-11-24-12-18(17)21(29)27-8-5-15(6-9-27)20-26-25-19-13-23-7-10-28(19)20/h1-4,11-12,15,23-24H,5-10,13H2. The maximum atomic E-state index is 13.2. The number of amides is 1. The van der Waals surface area contributed by atoms with E-state index >= 15 is 0 Å². The number of benzene rings is 1. The molecule has 0 spiro atoms. The van der Waals surface area contributed by atoms with Gasteiger partial charge >= 0.3 is 0 Å². The normalized spacial score (nSPS) is 17.3. The molecule has 0 atom stereocenters. The summed E-state index contributed by atoms with van der Waals surface area (Å²) in [5.41, 5.74) is 2.26. The van der Waals surface area contributed by atoms with E-state index in [0.717, 1.165) is 55.3 Å². The quantitative estimate of drug-likeness (QED) is 0.716. The molecule has 0 radical (unpaired) electrons. The van der Waals surface area contributed by atoms with Crippen LogP contribution >= 0.6 is 0 Å². The van der Waals surface area contributed by atoms with Crippen molar-refractivity contribution in [2.24, 2.45) is 0 Å². The average molecular weight is 394 g/mol. The van der Waals surface area contributed by atoms with Gasteiger partial charge in [0.05, 0.1) is 12.1 Å². The van der Waals surface area contributed by atoms with Crippen molar-refractivity contribution >= 4 is 5.91 Å². The molecule has 5 rings (SSSR count). The summed E-state index contributed by atoms with van der Waals surface area (Å²) in [4.78, 5) is 18.1. The van der Waals surface area contributed by atoms with Crippen LogP contribution in [0.4, 0.5) is 4.39 Å². The number of carbonyl (C=O) groups is 1. The number of nitrogens with zero attached hydrogens (tertiary/aromatic N) is 4. The van der Waals surface area contributed by atoms with Crippen molar-refractivity contribution in [3.8, 4) is 11.1 Å². The highest BCUT2D eigenvalue weighted by molar-refractivity contribution is 6.00. The minimum atomic E-state index is -0.286. The molecule has 7 nitrogen and oxygen atoms in total. The van der Waals surface area contributed by atoms with Crippen molar-refractivity contribution in [1.29, 1.82) is 0 Å². The number of halogens is 1. The summed E-state index contributed by atoms with van der Waals surface area (Å²) in [5, 5.41) is 12.1. The first-order valence-corrected chi connectivity index (χ1v) is 10.1. The molecular formula is C21H23FN6O. The van der Waals surface area contributed by atoms with E-state index in [4.69, 9.17) is 0 Å². The molecule has 2 aromatic heterocycles. The van der Waals surface area contributed by atoms with E-state index in [1.54, 1.807) is 24.5 Å². The van der Waals surface area contributed by atoms with E-state index < -0.39 is 0 Å². The SMILES string of the molecule is O=C(c1c[nH]cc1-c1ccc(F)cc1)N1CCC(c2nnc3n2CCNC3)CC1. The summed E-state index contributed by atoms with van der Waals surface area (Å²) in [5.74, 6) is 2.12. The summed E-state index contributed by atoms with van der Waals surface area (Å²) >= 11 is 0. The number of likely N-dealkylation sites (tertiary alicyclic amines) is 1. The number of hydrogen-bond donors (Lipinski definition) is 2. The number of nitrogens with one attached hydrogen (secondary N) is 2. The Morgan fingerprint density at radius 2 is 1.86 bits per heavy atom. The predicted octanol–water partition coefficient (Wildman–Crippen LogP) is 2.54. The van der Waals surface area contributed by atoms with Crippen LogP contribution in [0.2, 0.25) is 0 Å². The Labute approximate surface area is 167 Å². The molecule has 150 valence electrons. The molecule has 2 N–H and O–H groups in total. The van der Waals surface area contributed by atoms with Crippen molar-refractivity contribution in [2.75, 3.05) is 19.6 Å². The number of aromatic amines is 1. The molecule has 0 aliphatic carbocycles. The number of piperidine rings is 1. The molecule has 3 aromatic rings. The summed E-state index contributed by atoms with van der Waals surface area (Å²) < 4.78 is 15.5. The van der Waals surface area contributed by atoms with Crippen LogP contribution in [0.5, 0.6) is 0 Å². The zero-order valence-corrected chi connectivity index (χ0v) is 16.1. The van der Waals surface area contributed by atoms with Crippen molar-refractivity contribution in [3.63, 3.8) is 0 Å². The van der Waals surface area contributed by atoms with Crippen LogP contribution in [0.25, 0.3) is 11.1 Å². The van der Waals surface area contributed by atoms with Crippen LogP contribution in [0.1, 0.15) is 40.8 Å². The molecule has 1 aromatic carbocycles. The highest BCUT2D eigenvalue weighted by Crippen LogP contribution is 2.30. The maximum Gasteiger partial charge on any atom is 0.256 e. The maximum absolute atomic E-state index is 13.2. The number of fused-ring (bicyclic) bond motifs is 1. The van der Waals surface area contributed by atoms with Crippen molar-refractivity contribution in [1.82, 2.24) is 30.0 Å². The monoisotopic (exact) mass is 394 g/mol. The smallest absolute Gasteiger partial charge is 0.256 e. The minimum Gasteiger partial charge on any atom is -0.366 e. The Morgan fingerprint density at radius 1 is 1.07 bits per heavy atom. The molecule has 0 bridgehead atoms. The number of rotatable bonds is 3. The van der Waals surface area contributed by atoms with Crippen molar-refractivity contribution < 1.29 is 9.18 Å². The number of carbonyl (C=O) groups excluding carboxylic acids is 1. The van der Waals surface area contributed by atoms with E-state index in [0.29, 0.717) is 24.6 Å². The van der Waals surface area contributed by atoms with Crippen LogP contribution in [0, 0.1) is 5.82 Å². The Hall–Kier alpha value is -3.00. The minimum absolute atomic E-state index is 0.0106. The molecule has 29 heavy (non-hydrogen) atoms. The molecule has 2 aliphatic heterocycles. The number of H-pyrrole nitrogens is 1. The van der Waals surface area contributed by atoms with Gasteiger partial charge in [0.2, 0.25) is 0 Å². The average Bonchev–Trinajstić information content (AvgIpc) is 3.41. The van der Waals surface area contributed by atoms with Gasteiger partial charge in [0.15, 0.2) is 0 Å². The second kappa shape index (κ2) is 7.44. The van der Waals surface area contributed by atoms with E-state index in [1.165, 1.54) is 12.1 Å². The molecule has 1 amide bonds. The Kier molecular flexibility index (Phi) is 4.63. The fourth-order valence-corrected chi connectivity index (χ4v) is 4.34. The van der Waals surface area contributed by atoms with Gasteiger partial charge in [-0.15, -0.1) is 10.2 Å². The zero-order chi connectivity index (χ0) is 19.8. The molecule has 1 fully saturated rings. The first-order chi connectivity index (χ1) is 14.2. The van der Waals surface area contributed by atoms with E-state index in [2.05, 4.69) is 25.1 Å². The fraction of sp³-hybridized carbons (Fsp3) is 0.381. The summed E-state index contributed by atoms with van der Waals surface area (Å²) in [6.07, 6.45) is 5.29. The van der Waals surface area contributed by atoms with Gasteiger partial charge in [-0.05, 0) is 30.5 Å². The predicted molar refractivity (Wildman–Crippen MR) is 106 cm³/mol. The van der Waals surface area contributed by atoms with Crippen LogP contribution < -0.4 is 5.32 Å². The summed E-state index contributed by atoms with van der Waals surface area (Å²) in [6, 6.07) is 6.23. The van der Waals surface area contributed by atoms with Gasteiger partial charge in [0.25, 0.3) is 5.91 Å². The van der Waals surface area contributed by atoms with E-state index in [1.807, 2.05) is 4.90 Å². The van der Waals surface area contributed by atoms with Crippen LogP contribution in [-0.4, -0.2) is 50.2 Å². The Balaban J connectivity index is 1.29. The summed E-state index contributed by atoms with van der Waals surface area (Å²) in [7, 11) is 0. The third-order valence-corrected chi connectivity index (χ3v) is 5.93. The first-order valence-electron chi connectivity index (χ1n) is 10.1. The lowest BCUT2D eigenvalue weighted by Crippen LogP contribution is -2.39. The highest BCUT2D eigenvalue weighted by atomic mass is 19.1. The van der Waals surface area contributed by atoms with Gasteiger partial charge in [-0.2, -0.15) is 0 Å². The fourth-order valence-electron chi connectivity index (χ4n) is 4.34. The van der Waals surface area contributed by atoms with Gasteiger partial charge in [-0.1, -0.05) is 12.1 Å². The van der Waals surface area contributed by atoms with Gasteiger partial charge in [0.1, 0.15) is 17.5 Å². The molecular weight excluding hydrogens is 371 g/mol. The van der Waals surface area contributed by atoms with Crippen LogP contribution in [-0.2, 0) is 13.1 Å². The van der Waals surface area contributed by atoms with E-state index in [-0.39, 0.29) is 11.7 Å². The lowest BCUT2D eigenvalue weighted by atomic mass is 9.95.